The van der Waals surface area contributed by atoms with E-state index >= 15 is 0 Å². The van der Waals surface area contributed by atoms with Crippen molar-refractivity contribution in [3.05, 3.63) is 45.0 Å². The van der Waals surface area contributed by atoms with Crippen molar-refractivity contribution in [1.29, 1.82) is 0 Å². The van der Waals surface area contributed by atoms with Gasteiger partial charge >= 0.3 is 0 Å². The molecule has 0 aliphatic carbocycles. The van der Waals surface area contributed by atoms with E-state index in [0.717, 1.165) is 0 Å². The van der Waals surface area contributed by atoms with Crippen molar-refractivity contribution in [3.8, 4) is 11.1 Å². The molecule has 0 aliphatic rings. The third-order valence-electron chi connectivity index (χ3n) is 1.92. The maximum Gasteiger partial charge on any atom is 0.249 e. The predicted molar refractivity (Wildman–Crippen MR) is 49.0 cm³/mol. The lowest BCUT2D eigenvalue weighted by atomic mass is 10.0. The first-order chi connectivity index (χ1) is 6.22. The van der Waals surface area contributed by atoms with Crippen LogP contribution in [0, 0.1) is 0 Å². The molecular weight excluding hydrogens is 168 g/mol. The SMILES string of the molecule is Nc1c(-c2ccncc2)c(=O)c1=O. The molecule has 1 aromatic carbocycles. The first kappa shape index (κ1) is 7.67. The molecular formula is C9H6N2O2. The summed E-state index contributed by atoms with van der Waals surface area (Å²) >= 11 is 0. The van der Waals surface area contributed by atoms with Gasteiger partial charge in [0.25, 0.3) is 0 Å². The zero-order valence-electron chi connectivity index (χ0n) is 6.65. The van der Waals surface area contributed by atoms with Crippen molar-refractivity contribution in [1.82, 2.24) is 4.98 Å². The quantitative estimate of drug-likeness (QED) is 0.614. The van der Waals surface area contributed by atoms with Gasteiger partial charge in [0.2, 0.25) is 10.9 Å². The molecule has 64 valence electrons. The summed E-state index contributed by atoms with van der Waals surface area (Å²) in [6.07, 6.45) is 3.09. The van der Waals surface area contributed by atoms with E-state index in [0.29, 0.717) is 11.1 Å². The van der Waals surface area contributed by atoms with E-state index in [1.54, 1.807) is 24.5 Å². The lowest BCUT2D eigenvalue weighted by molar-refractivity contribution is 1.32. The zero-order chi connectivity index (χ0) is 9.42. The lowest BCUT2D eigenvalue weighted by Gasteiger charge is -2.04. The Morgan fingerprint density at radius 2 is 1.69 bits per heavy atom. The molecule has 0 spiro atoms. The molecule has 2 rings (SSSR count). The average Bonchev–Trinajstić information content (AvgIpc) is 2.19. The van der Waals surface area contributed by atoms with Gasteiger partial charge < -0.3 is 5.73 Å². The third-order valence-corrected chi connectivity index (χ3v) is 1.92. The minimum Gasteiger partial charge on any atom is -0.395 e. The maximum atomic E-state index is 11.1. The summed E-state index contributed by atoms with van der Waals surface area (Å²) in [5.41, 5.74) is 5.29. The van der Waals surface area contributed by atoms with Gasteiger partial charge in [-0.2, -0.15) is 0 Å². The van der Waals surface area contributed by atoms with Crippen LogP contribution in [0.3, 0.4) is 0 Å². The Hall–Kier alpha value is -1.97. The van der Waals surface area contributed by atoms with Crippen LogP contribution in [0.25, 0.3) is 11.1 Å². The Bertz CT molecular complexity index is 510. The van der Waals surface area contributed by atoms with Crippen molar-refractivity contribution in [3.63, 3.8) is 0 Å². The smallest absolute Gasteiger partial charge is 0.249 e. The monoisotopic (exact) mass is 174 g/mol. The van der Waals surface area contributed by atoms with Crippen LogP contribution in [0.4, 0.5) is 5.69 Å². The van der Waals surface area contributed by atoms with Crippen LogP contribution in [-0.2, 0) is 0 Å². The van der Waals surface area contributed by atoms with Crippen molar-refractivity contribution in [2.45, 2.75) is 0 Å². The van der Waals surface area contributed by atoms with Crippen molar-refractivity contribution >= 4 is 5.69 Å². The molecule has 0 unspecified atom stereocenters. The normalized spacial score (nSPS) is 10.5. The molecule has 0 saturated carbocycles. The number of hydrogen-bond donors (Lipinski definition) is 1. The fourth-order valence-electron chi connectivity index (χ4n) is 1.21. The van der Waals surface area contributed by atoms with E-state index in [9.17, 15) is 9.59 Å². The summed E-state index contributed by atoms with van der Waals surface area (Å²) in [6.45, 7) is 0. The number of anilines is 1. The van der Waals surface area contributed by atoms with Crippen molar-refractivity contribution in [2.75, 3.05) is 5.73 Å². The second-order valence-electron chi connectivity index (χ2n) is 2.68. The highest BCUT2D eigenvalue weighted by atomic mass is 16.2. The van der Waals surface area contributed by atoms with Crippen LogP contribution in [0.15, 0.2) is 34.1 Å². The minimum absolute atomic E-state index is 0.0520. The zero-order valence-corrected chi connectivity index (χ0v) is 6.65. The van der Waals surface area contributed by atoms with Crippen LogP contribution in [-0.4, -0.2) is 4.98 Å². The Balaban J connectivity index is 2.63. The standard InChI is InChI=1S/C9H6N2O2/c10-7-6(8(12)9(7)13)5-1-3-11-4-2-5/h1-4H,10H2. The highest BCUT2D eigenvalue weighted by Crippen LogP contribution is 2.19. The Labute approximate surface area is 73.4 Å². The topological polar surface area (TPSA) is 73.0 Å². The molecule has 0 radical (unpaired) electrons. The van der Waals surface area contributed by atoms with Crippen LogP contribution in [0.5, 0.6) is 0 Å². The predicted octanol–water partition coefficient (Wildman–Crippen LogP) is -0.0732. The molecule has 0 saturated heterocycles. The van der Waals surface area contributed by atoms with E-state index in [1.807, 2.05) is 0 Å². The van der Waals surface area contributed by atoms with Gasteiger partial charge in [-0.1, -0.05) is 0 Å². The van der Waals surface area contributed by atoms with Gasteiger partial charge in [0.05, 0.1) is 11.3 Å². The van der Waals surface area contributed by atoms with E-state index in [4.69, 9.17) is 5.73 Å². The van der Waals surface area contributed by atoms with Gasteiger partial charge in [-0.25, -0.2) is 0 Å². The number of hydrogen-bond acceptors (Lipinski definition) is 4. The molecule has 0 bridgehead atoms. The molecule has 2 aromatic rings. The Morgan fingerprint density at radius 3 is 2.23 bits per heavy atom. The largest absolute Gasteiger partial charge is 0.395 e. The number of pyridine rings is 1. The van der Waals surface area contributed by atoms with E-state index in [-0.39, 0.29) is 5.69 Å². The highest BCUT2D eigenvalue weighted by Gasteiger charge is 2.18. The molecule has 1 aromatic heterocycles. The molecule has 4 heteroatoms. The summed E-state index contributed by atoms with van der Waals surface area (Å²) in [4.78, 5) is 25.7. The summed E-state index contributed by atoms with van der Waals surface area (Å²) in [5, 5.41) is 0. The fourth-order valence-corrected chi connectivity index (χ4v) is 1.21. The number of nitrogens with zero attached hydrogens (tertiary/aromatic N) is 1. The van der Waals surface area contributed by atoms with Gasteiger partial charge in [0.1, 0.15) is 0 Å². The van der Waals surface area contributed by atoms with Crippen LogP contribution >= 0.6 is 0 Å². The number of aromatic nitrogens is 1. The summed E-state index contributed by atoms with van der Waals surface area (Å²) in [7, 11) is 0. The first-order valence-electron chi connectivity index (χ1n) is 3.71. The van der Waals surface area contributed by atoms with Crippen LogP contribution < -0.4 is 16.6 Å². The molecule has 13 heavy (non-hydrogen) atoms. The summed E-state index contributed by atoms with van der Waals surface area (Å²) < 4.78 is 0. The number of nitrogen functional groups attached to an aromatic ring is 1. The number of nitrogens with two attached hydrogens (primary N) is 1. The van der Waals surface area contributed by atoms with Crippen molar-refractivity contribution in [2.24, 2.45) is 0 Å². The molecule has 1 heterocycles. The van der Waals surface area contributed by atoms with Gasteiger partial charge in [-0.3, -0.25) is 14.6 Å². The van der Waals surface area contributed by atoms with Gasteiger partial charge in [0, 0.05) is 12.4 Å². The van der Waals surface area contributed by atoms with E-state index in [1.165, 1.54) is 0 Å². The van der Waals surface area contributed by atoms with Gasteiger partial charge in [0.15, 0.2) is 0 Å². The second kappa shape index (κ2) is 2.52. The minimum atomic E-state index is -0.591. The van der Waals surface area contributed by atoms with Crippen molar-refractivity contribution < 1.29 is 0 Å². The van der Waals surface area contributed by atoms with Crippen LogP contribution in [0.1, 0.15) is 0 Å². The Morgan fingerprint density at radius 1 is 1.08 bits per heavy atom. The summed E-state index contributed by atoms with van der Waals surface area (Å²) in [6, 6.07) is 3.29. The van der Waals surface area contributed by atoms with E-state index < -0.39 is 10.9 Å². The highest BCUT2D eigenvalue weighted by molar-refractivity contribution is 5.79. The average molecular weight is 174 g/mol. The van der Waals surface area contributed by atoms with Gasteiger partial charge in [-0.05, 0) is 17.7 Å². The Kier molecular flexibility index (Phi) is 1.48. The molecule has 0 atom stereocenters. The lowest BCUT2D eigenvalue weighted by Crippen LogP contribution is -2.35. The summed E-state index contributed by atoms with van der Waals surface area (Å²) in [5.74, 6) is 0. The van der Waals surface area contributed by atoms with Gasteiger partial charge in [-0.15, -0.1) is 0 Å². The molecule has 0 fully saturated rings. The van der Waals surface area contributed by atoms with Crippen LogP contribution in [0.2, 0.25) is 0 Å². The first-order valence-corrected chi connectivity index (χ1v) is 3.71. The van der Waals surface area contributed by atoms with E-state index in [2.05, 4.69) is 4.98 Å². The maximum absolute atomic E-state index is 11.1. The second-order valence-corrected chi connectivity index (χ2v) is 2.68. The third kappa shape index (κ3) is 0.955. The molecule has 0 amide bonds. The number of rotatable bonds is 1. The molecule has 2 N–H and O–H groups in total. The molecule has 0 aliphatic heterocycles. The molecule has 4 nitrogen and oxygen atoms in total. The fraction of sp³-hybridized carbons (Fsp3) is 0.